The molecule has 0 radical (unpaired) electrons. The summed E-state index contributed by atoms with van der Waals surface area (Å²) in [5.74, 6) is -0.844. The van der Waals surface area contributed by atoms with Crippen LogP contribution in [0.5, 0.6) is 0 Å². The number of carbonyl (C=O) groups is 1. The molecule has 0 spiro atoms. The van der Waals surface area contributed by atoms with Crippen LogP contribution in [-0.4, -0.2) is 20.6 Å². The Balaban J connectivity index is 2.04. The smallest absolute Gasteiger partial charge is 0.416 e. The molecule has 0 atom stereocenters. The molecule has 0 fully saturated rings. The van der Waals surface area contributed by atoms with Crippen LogP contribution in [0, 0.1) is 11.3 Å². The van der Waals surface area contributed by atoms with E-state index in [9.17, 15) is 23.2 Å². The van der Waals surface area contributed by atoms with Crippen LogP contribution in [-0.2, 0) is 6.18 Å². The number of pyridine rings is 1. The Labute approximate surface area is 145 Å². The van der Waals surface area contributed by atoms with E-state index in [0.29, 0.717) is 11.1 Å². The fourth-order valence-electron chi connectivity index (χ4n) is 2.44. The van der Waals surface area contributed by atoms with Crippen molar-refractivity contribution < 1.29 is 23.1 Å². The predicted octanol–water partition coefficient (Wildman–Crippen LogP) is 4.13. The first-order valence-electron chi connectivity index (χ1n) is 7.29. The molecule has 0 saturated carbocycles. The Morgan fingerprint density at radius 1 is 1.15 bits per heavy atom. The molecule has 0 amide bonds. The topological polar surface area (TPSA) is 78.9 Å². The minimum absolute atomic E-state index is 0.0262. The lowest BCUT2D eigenvalue weighted by atomic mass is 10.0. The number of nitriles is 1. The fraction of sp³-hybridized carbons (Fsp3) is 0.0556. The van der Waals surface area contributed by atoms with Crippen LogP contribution in [0.25, 0.3) is 16.9 Å². The molecular weight excluding hydrogens is 347 g/mol. The van der Waals surface area contributed by atoms with Crippen LogP contribution in [0.1, 0.15) is 21.5 Å². The number of benzene rings is 1. The summed E-state index contributed by atoms with van der Waals surface area (Å²) < 4.78 is 39.5. The third kappa shape index (κ3) is 3.28. The molecule has 2 heterocycles. The molecular formula is C18H10F3N3O2. The number of alkyl halides is 3. The number of nitrogens with zero attached hydrogens (tertiary/aromatic N) is 3. The molecule has 3 rings (SSSR count). The van der Waals surface area contributed by atoms with Crippen molar-refractivity contribution in [2.45, 2.75) is 6.18 Å². The monoisotopic (exact) mass is 357 g/mol. The number of aromatic carboxylic acids is 1. The molecule has 1 N–H and O–H groups in total. The van der Waals surface area contributed by atoms with Crippen LogP contribution in [0.2, 0.25) is 0 Å². The summed E-state index contributed by atoms with van der Waals surface area (Å²) >= 11 is 0. The van der Waals surface area contributed by atoms with E-state index in [1.54, 1.807) is 0 Å². The molecule has 5 nitrogen and oxygen atoms in total. The second-order valence-electron chi connectivity index (χ2n) is 5.39. The SMILES string of the molecule is N#Cc1cn(-c2cc(C(=O)O)ccn2)cc1-c1ccc(C(F)(F)F)cc1. The van der Waals surface area contributed by atoms with Gasteiger partial charge in [0.05, 0.1) is 16.7 Å². The lowest BCUT2D eigenvalue weighted by Gasteiger charge is -2.07. The van der Waals surface area contributed by atoms with Gasteiger partial charge in [0.15, 0.2) is 0 Å². The van der Waals surface area contributed by atoms with Crippen molar-refractivity contribution in [3.63, 3.8) is 0 Å². The van der Waals surface area contributed by atoms with Gasteiger partial charge in [-0.2, -0.15) is 18.4 Å². The second-order valence-corrected chi connectivity index (χ2v) is 5.39. The average Bonchev–Trinajstić information content (AvgIpc) is 3.05. The van der Waals surface area contributed by atoms with Gasteiger partial charge in [0.25, 0.3) is 0 Å². The second kappa shape index (κ2) is 6.37. The van der Waals surface area contributed by atoms with Crippen molar-refractivity contribution in [1.29, 1.82) is 5.26 Å². The normalized spacial score (nSPS) is 11.2. The zero-order valence-electron chi connectivity index (χ0n) is 13.0. The Kier molecular flexibility index (Phi) is 4.22. The minimum atomic E-state index is -4.44. The molecule has 0 aliphatic carbocycles. The highest BCUT2D eigenvalue weighted by Gasteiger charge is 2.30. The van der Waals surface area contributed by atoms with E-state index in [1.807, 2.05) is 6.07 Å². The number of aromatic nitrogens is 2. The zero-order chi connectivity index (χ0) is 18.9. The Morgan fingerprint density at radius 3 is 2.42 bits per heavy atom. The quantitative estimate of drug-likeness (QED) is 0.764. The van der Waals surface area contributed by atoms with Gasteiger partial charge in [-0.15, -0.1) is 0 Å². The van der Waals surface area contributed by atoms with Gasteiger partial charge < -0.3 is 9.67 Å². The van der Waals surface area contributed by atoms with Crippen LogP contribution in [0.15, 0.2) is 55.0 Å². The third-order valence-electron chi connectivity index (χ3n) is 3.73. The average molecular weight is 357 g/mol. The highest BCUT2D eigenvalue weighted by molar-refractivity contribution is 5.88. The van der Waals surface area contributed by atoms with Crippen molar-refractivity contribution in [2.24, 2.45) is 0 Å². The summed E-state index contributed by atoms with van der Waals surface area (Å²) in [4.78, 5) is 15.1. The number of carboxylic acids is 1. The van der Waals surface area contributed by atoms with Crippen molar-refractivity contribution in [2.75, 3.05) is 0 Å². The van der Waals surface area contributed by atoms with E-state index in [-0.39, 0.29) is 16.9 Å². The fourth-order valence-corrected chi connectivity index (χ4v) is 2.44. The summed E-state index contributed by atoms with van der Waals surface area (Å²) in [7, 11) is 0. The molecule has 0 bridgehead atoms. The molecule has 0 aliphatic rings. The zero-order valence-corrected chi connectivity index (χ0v) is 13.0. The molecule has 2 aromatic heterocycles. The molecule has 130 valence electrons. The molecule has 3 aromatic rings. The molecule has 0 aliphatic heterocycles. The van der Waals surface area contributed by atoms with Gasteiger partial charge >= 0.3 is 12.1 Å². The number of halogens is 3. The predicted molar refractivity (Wildman–Crippen MR) is 85.7 cm³/mol. The van der Waals surface area contributed by atoms with Gasteiger partial charge in [-0.05, 0) is 29.8 Å². The number of hydrogen-bond donors (Lipinski definition) is 1. The minimum Gasteiger partial charge on any atom is -0.478 e. The van der Waals surface area contributed by atoms with Crippen LogP contribution < -0.4 is 0 Å². The van der Waals surface area contributed by atoms with E-state index in [0.717, 1.165) is 12.1 Å². The first kappa shape index (κ1) is 17.2. The van der Waals surface area contributed by atoms with E-state index in [2.05, 4.69) is 4.98 Å². The molecule has 26 heavy (non-hydrogen) atoms. The third-order valence-corrected chi connectivity index (χ3v) is 3.73. The van der Waals surface area contributed by atoms with Crippen LogP contribution >= 0.6 is 0 Å². The molecule has 8 heteroatoms. The standard InChI is InChI=1S/C18H10F3N3O2/c19-18(20,21)14-3-1-11(2-4-14)15-10-24(9-13(15)8-22)16-7-12(17(25)26)5-6-23-16/h1-7,9-10H,(H,25,26). The summed E-state index contributed by atoms with van der Waals surface area (Å²) in [6.07, 6.45) is -0.150. The largest absolute Gasteiger partial charge is 0.478 e. The van der Waals surface area contributed by atoms with Gasteiger partial charge in [0.2, 0.25) is 0 Å². The van der Waals surface area contributed by atoms with Gasteiger partial charge in [0, 0.05) is 24.2 Å². The molecule has 0 saturated heterocycles. The highest BCUT2D eigenvalue weighted by atomic mass is 19.4. The molecule has 0 unspecified atom stereocenters. The van der Waals surface area contributed by atoms with Crippen molar-refractivity contribution in [1.82, 2.24) is 9.55 Å². The summed E-state index contributed by atoms with van der Waals surface area (Å²) in [5.41, 5.74) is 0.326. The first-order valence-corrected chi connectivity index (χ1v) is 7.29. The number of carboxylic acid groups (broad SMARTS) is 1. The van der Waals surface area contributed by atoms with E-state index in [1.165, 1.54) is 47.4 Å². The summed E-state index contributed by atoms with van der Waals surface area (Å²) in [5, 5.41) is 18.4. The maximum atomic E-state index is 12.7. The van der Waals surface area contributed by atoms with Crippen LogP contribution in [0.4, 0.5) is 13.2 Å². The highest BCUT2D eigenvalue weighted by Crippen LogP contribution is 2.32. The van der Waals surface area contributed by atoms with Crippen molar-refractivity contribution in [3.05, 3.63) is 71.7 Å². The maximum absolute atomic E-state index is 12.7. The van der Waals surface area contributed by atoms with Gasteiger partial charge in [-0.3, -0.25) is 0 Å². The van der Waals surface area contributed by atoms with Crippen LogP contribution in [0.3, 0.4) is 0 Å². The number of rotatable bonds is 3. The Morgan fingerprint density at radius 2 is 1.85 bits per heavy atom. The number of hydrogen-bond acceptors (Lipinski definition) is 3. The first-order chi connectivity index (χ1) is 12.3. The van der Waals surface area contributed by atoms with Gasteiger partial charge in [-0.25, -0.2) is 9.78 Å². The lowest BCUT2D eigenvalue weighted by Crippen LogP contribution is -2.04. The van der Waals surface area contributed by atoms with Crippen molar-refractivity contribution in [3.8, 4) is 23.0 Å². The Bertz CT molecular complexity index is 1020. The van der Waals surface area contributed by atoms with E-state index in [4.69, 9.17) is 5.11 Å². The molecule has 1 aromatic carbocycles. The van der Waals surface area contributed by atoms with E-state index < -0.39 is 17.7 Å². The summed E-state index contributed by atoms with van der Waals surface area (Å²) in [6.45, 7) is 0. The van der Waals surface area contributed by atoms with E-state index >= 15 is 0 Å². The van der Waals surface area contributed by atoms with Crippen molar-refractivity contribution >= 4 is 5.97 Å². The maximum Gasteiger partial charge on any atom is 0.416 e. The lowest BCUT2D eigenvalue weighted by molar-refractivity contribution is -0.137. The summed E-state index contributed by atoms with van der Waals surface area (Å²) in [6, 6.07) is 9.09. The van der Waals surface area contributed by atoms with Gasteiger partial charge in [0.1, 0.15) is 11.9 Å². The van der Waals surface area contributed by atoms with Gasteiger partial charge in [-0.1, -0.05) is 12.1 Å². The Hall–Kier alpha value is -3.60.